The SMILES string of the molecule is [N-]=[N+]=NCC1CC(=O)N(c2cc(C(=O)O)ccc2I)C1. The molecule has 0 spiro atoms. The number of halogens is 1. The molecule has 1 saturated heterocycles. The first-order valence-corrected chi connectivity index (χ1v) is 6.95. The molecule has 1 heterocycles. The van der Waals surface area contributed by atoms with Gasteiger partial charge < -0.3 is 10.0 Å². The van der Waals surface area contributed by atoms with Gasteiger partial charge in [0.25, 0.3) is 0 Å². The summed E-state index contributed by atoms with van der Waals surface area (Å²) in [5.74, 6) is -1.13. The summed E-state index contributed by atoms with van der Waals surface area (Å²) in [5, 5.41) is 12.5. The van der Waals surface area contributed by atoms with Gasteiger partial charge in [-0.05, 0) is 52.2 Å². The minimum absolute atomic E-state index is 0.0253. The Hall–Kier alpha value is -1.80. The van der Waals surface area contributed by atoms with Crippen LogP contribution in [0, 0.1) is 9.49 Å². The molecule has 0 radical (unpaired) electrons. The Bertz CT molecular complexity index is 613. The van der Waals surface area contributed by atoms with Gasteiger partial charge in [-0.1, -0.05) is 5.11 Å². The predicted molar refractivity (Wildman–Crippen MR) is 80.6 cm³/mol. The maximum atomic E-state index is 12.0. The number of hydrogen-bond donors (Lipinski definition) is 1. The second-order valence-corrected chi connectivity index (χ2v) is 5.62. The molecule has 1 aromatic rings. The molecule has 7 nitrogen and oxygen atoms in total. The second kappa shape index (κ2) is 6.10. The zero-order valence-electron chi connectivity index (χ0n) is 10.4. The fourth-order valence-electron chi connectivity index (χ4n) is 2.14. The first kappa shape index (κ1) is 14.6. The summed E-state index contributed by atoms with van der Waals surface area (Å²) in [6, 6.07) is 4.68. The molecule has 1 fully saturated rings. The zero-order valence-corrected chi connectivity index (χ0v) is 12.5. The maximum absolute atomic E-state index is 12.0. The van der Waals surface area contributed by atoms with Gasteiger partial charge in [-0.15, -0.1) is 0 Å². The lowest BCUT2D eigenvalue weighted by molar-refractivity contribution is -0.117. The molecular weight excluding hydrogens is 375 g/mol. The lowest BCUT2D eigenvalue weighted by atomic mass is 10.1. The molecule has 104 valence electrons. The summed E-state index contributed by atoms with van der Waals surface area (Å²) in [6.07, 6.45) is 0.312. The van der Waals surface area contributed by atoms with Crippen molar-refractivity contribution in [3.63, 3.8) is 0 Å². The number of nitrogens with zero attached hydrogens (tertiary/aromatic N) is 4. The van der Waals surface area contributed by atoms with E-state index in [1.807, 2.05) is 0 Å². The standard InChI is InChI=1S/C12H11IN4O3/c13-9-2-1-8(12(19)20)4-10(9)17-6-7(3-11(17)18)5-15-16-14/h1-2,4,7H,3,5-6H2,(H,19,20). The first-order chi connectivity index (χ1) is 9.52. The molecular formula is C12H11IN4O3. The largest absolute Gasteiger partial charge is 0.478 e. The normalized spacial score (nSPS) is 17.9. The predicted octanol–water partition coefficient (Wildman–Crippen LogP) is 2.65. The van der Waals surface area contributed by atoms with E-state index in [0.717, 1.165) is 3.57 Å². The van der Waals surface area contributed by atoms with Gasteiger partial charge in [-0.25, -0.2) is 4.79 Å². The number of hydrogen-bond acceptors (Lipinski definition) is 3. The average Bonchev–Trinajstić information content (AvgIpc) is 2.77. The van der Waals surface area contributed by atoms with Crippen molar-refractivity contribution >= 4 is 40.2 Å². The minimum atomic E-state index is -1.03. The Balaban J connectivity index is 2.27. The van der Waals surface area contributed by atoms with E-state index in [2.05, 4.69) is 32.6 Å². The topological polar surface area (TPSA) is 106 Å². The van der Waals surface area contributed by atoms with E-state index in [1.165, 1.54) is 12.1 Å². The van der Waals surface area contributed by atoms with E-state index >= 15 is 0 Å². The van der Waals surface area contributed by atoms with Crippen molar-refractivity contribution in [2.45, 2.75) is 6.42 Å². The van der Waals surface area contributed by atoms with Crippen molar-refractivity contribution < 1.29 is 14.7 Å². The third-order valence-electron chi connectivity index (χ3n) is 3.09. The molecule has 0 saturated carbocycles. The van der Waals surface area contributed by atoms with E-state index in [4.69, 9.17) is 10.6 Å². The first-order valence-electron chi connectivity index (χ1n) is 5.87. The molecule has 0 aliphatic carbocycles. The van der Waals surface area contributed by atoms with Crippen LogP contribution in [0.3, 0.4) is 0 Å². The molecule has 1 unspecified atom stereocenters. The number of carboxylic acids is 1. The summed E-state index contributed by atoms with van der Waals surface area (Å²) >= 11 is 2.07. The van der Waals surface area contributed by atoms with Crippen LogP contribution >= 0.6 is 22.6 Å². The molecule has 2 rings (SSSR count). The smallest absolute Gasteiger partial charge is 0.335 e. The summed E-state index contributed by atoms with van der Waals surface area (Å²) in [7, 11) is 0. The lowest BCUT2D eigenvalue weighted by Gasteiger charge is -2.18. The Morgan fingerprint density at radius 3 is 3.00 bits per heavy atom. The summed E-state index contributed by atoms with van der Waals surface area (Å²) in [5.41, 5.74) is 9.05. The number of aromatic carboxylic acids is 1. The number of carboxylic acid groups (broad SMARTS) is 1. The molecule has 0 aromatic heterocycles. The number of rotatable bonds is 4. The van der Waals surface area contributed by atoms with Crippen molar-refractivity contribution in [3.05, 3.63) is 37.8 Å². The van der Waals surface area contributed by atoms with Crippen molar-refractivity contribution in [3.8, 4) is 0 Å². The van der Waals surface area contributed by atoms with Crippen LogP contribution in [0.4, 0.5) is 5.69 Å². The van der Waals surface area contributed by atoms with Crippen molar-refractivity contribution in [2.75, 3.05) is 18.0 Å². The zero-order chi connectivity index (χ0) is 14.7. The Labute approximate surface area is 128 Å². The molecule has 0 bridgehead atoms. The van der Waals surface area contributed by atoms with E-state index in [9.17, 15) is 9.59 Å². The summed E-state index contributed by atoms with van der Waals surface area (Å²) < 4.78 is 0.811. The van der Waals surface area contributed by atoms with Gasteiger partial charge in [-0.2, -0.15) is 0 Å². The molecule has 1 amide bonds. The molecule has 1 aliphatic heterocycles. The van der Waals surface area contributed by atoms with E-state index < -0.39 is 5.97 Å². The highest BCUT2D eigenvalue weighted by molar-refractivity contribution is 14.1. The Morgan fingerprint density at radius 2 is 2.35 bits per heavy atom. The van der Waals surface area contributed by atoms with Crippen LogP contribution < -0.4 is 4.90 Å². The van der Waals surface area contributed by atoms with Gasteiger partial charge in [-0.3, -0.25) is 4.79 Å². The van der Waals surface area contributed by atoms with Crippen LogP contribution in [0.1, 0.15) is 16.8 Å². The number of anilines is 1. The second-order valence-electron chi connectivity index (χ2n) is 4.46. The van der Waals surface area contributed by atoms with Gasteiger partial charge in [0.2, 0.25) is 5.91 Å². The third kappa shape index (κ3) is 3.02. The number of amides is 1. The van der Waals surface area contributed by atoms with Crippen molar-refractivity contribution in [1.29, 1.82) is 0 Å². The van der Waals surface area contributed by atoms with Gasteiger partial charge in [0.1, 0.15) is 0 Å². The van der Waals surface area contributed by atoms with Gasteiger partial charge in [0, 0.05) is 28.0 Å². The van der Waals surface area contributed by atoms with Gasteiger partial charge in [0.15, 0.2) is 0 Å². The molecule has 20 heavy (non-hydrogen) atoms. The molecule has 1 aliphatic rings. The van der Waals surface area contributed by atoms with E-state index in [1.54, 1.807) is 11.0 Å². The number of carbonyl (C=O) groups excluding carboxylic acids is 1. The van der Waals surface area contributed by atoms with Crippen LogP contribution in [0.5, 0.6) is 0 Å². The highest BCUT2D eigenvalue weighted by atomic mass is 127. The van der Waals surface area contributed by atoms with Gasteiger partial charge >= 0.3 is 5.97 Å². The van der Waals surface area contributed by atoms with Gasteiger partial charge in [0.05, 0.1) is 11.3 Å². The Kier molecular flexibility index (Phi) is 4.46. The lowest BCUT2D eigenvalue weighted by Crippen LogP contribution is -2.26. The minimum Gasteiger partial charge on any atom is -0.478 e. The fraction of sp³-hybridized carbons (Fsp3) is 0.333. The monoisotopic (exact) mass is 386 g/mol. The molecule has 1 atom stereocenters. The Morgan fingerprint density at radius 1 is 1.60 bits per heavy atom. The fourth-order valence-corrected chi connectivity index (χ4v) is 2.77. The number of azide groups is 1. The van der Waals surface area contributed by atoms with E-state index in [0.29, 0.717) is 18.7 Å². The number of benzene rings is 1. The molecule has 8 heteroatoms. The van der Waals surface area contributed by atoms with Crippen LogP contribution in [0.15, 0.2) is 23.3 Å². The highest BCUT2D eigenvalue weighted by Gasteiger charge is 2.31. The number of carbonyl (C=O) groups is 2. The van der Waals surface area contributed by atoms with Crippen molar-refractivity contribution in [1.82, 2.24) is 0 Å². The quantitative estimate of drug-likeness (QED) is 0.372. The maximum Gasteiger partial charge on any atom is 0.335 e. The molecule has 1 N–H and O–H groups in total. The van der Waals surface area contributed by atoms with Crippen LogP contribution in [0.25, 0.3) is 10.4 Å². The van der Waals surface area contributed by atoms with Crippen LogP contribution in [-0.2, 0) is 4.79 Å². The average molecular weight is 386 g/mol. The highest BCUT2D eigenvalue weighted by Crippen LogP contribution is 2.30. The molecule has 1 aromatic carbocycles. The van der Waals surface area contributed by atoms with Crippen LogP contribution in [-0.4, -0.2) is 30.1 Å². The van der Waals surface area contributed by atoms with E-state index in [-0.39, 0.29) is 23.9 Å². The van der Waals surface area contributed by atoms with Crippen LogP contribution in [0.2, 0.25) is 0 Å². The summed E-state index contributed by atoms with van der Waals surface area (Å²) in [6.45, 7) is 0.713. The summed E-state index contributed by atoms with van der Waals surface area (Å²) in [4.78, 5) is 27.3. The van der Waals surface area contributed by atoms with Crippen molar-refractivity contribution in [2.24, 2.45) is 11.0 Å². The third-order valence-corrected chi connectivity index (χ3v) is 4.00.